The molecule has 0 atom stereocenters. The van der Waals surface area contributed by atoms with Gasteiger partial charge in [-0.3, -0.25) is 4.98 Å². The van der Waals surface area contributed by atoms with Crippen molar-refractivity contribution in [3.8, 4) is 17.0 Å². The number of aromatic nitrogens is 1. The van der Waals surface area contributed by atoms with Gasteiger partial charge in [0.15, 0.2) is 11.4 Å². The SMILES string of the molecule is Cc1cc(C)cc(N(c2ccnc(-c3cccc(C(=O)O)c3)c2O)[N+]([O-])=C2C=Nc3cc(C(F)(F)F)ccc32)c1. The Labute approximate surface area is 226 Å². The molecule has 0 amide bonds. The van der Waals surface area contributed by atoms with Crippen molar-refractivity contribution in [3.05, 3.63) is 106 Å². The van der Waals surface area contributed by atoms with E-state index < -0.39 is 23.5 Å². The van der Waals surface area contributed by atoms with Crippen LogP contribution in [0.15, 0.2) is 77.9 Å². The van der Waals surface area contributed by atoms with Crippen LogP contribution in [-0.4, -0.2) is 37.9 Å². The average molecular weight is 547 g/mol. The van der Waals surface area contributed by atoms with Gasteiger partial charge >= 0.3 is 12.1 Å². The molecule has 40 heavy (non-hydrogen) atoms. The van der Waals surface area contributed by atoms with Gasteiger partial charge in [0.2, 0.25) is 0 Å². The minimum Gasteiger partial charge on any atom is -0.595 e. The number of hydrogen-bond donors (Lipinski definition) is 2. The minimum absolute atomic E-state index is 0.00647. The van der Waals surface area contributed by atoms with Crippen molar-refractivity contribution in [2.75, 3.05) is 5.01 Å². The second-order valence-corrected chi connectivity index (χ2v) is 9.22. The first kappa shape index (κ1) is 26.4. The smallest absolute Gasteiger partial charge is 0.416 e. The highest BCUT2D eigenvalue weighted by atomic mass is 19.4. The highest BCUT2D eigenvalue weighted by molar-refractivity contribution is 6.40. The number of carbonyl (C=O) groups is 1. The van der Waals surface area contributed by atoms with Gasteiger partial charge < -0.3 is 15.4 Å². The maximum atomic E-state index is 14.0. The number of nitrogens with zero attached hydrogens (tertiary/aromatic N) is 4. The molecule has 2 heterocycles. The Morgan fingerprint density at radius 3 is 2.40 bits per heavy atom. The Morgan fingerprint density at radius 2 is 1.73 bits per heavy atom. The third kappa shape index (κ3) is 4.84. The summed E-state index contributed by atoms with van der Waals surface area (Å²) in [7, 11) is 0. The lowest BCUT2D eigenvalue weighted by Gasteiger charge is -2.24. The summed E-state index contributed by atoms with van der Waals surface area (Å²) in [6.07, 6.45) is -2.05. The number of carboxylic acids is 1. The first-order chi connectivity index (χ1) is 18.9. The topological polar surface area (TPSA) is 112 Å². The van der Waals surface area contributed by atoms with Crippen LogP contribution in [0.2, 0.25) is 0 Å². The van der Waals surface area contributed by atoms with Crippen molar-refractivity contribution in [1.82, 2.24) is 4.98 Å². The number of pyridine rings is 1. The van der Waals surface area contributed by atoms with E-state index in [2.05, 4.69) is 9.98 Å². The molecule has 11 heteroatoms. The minimum atomic E-state index is -4.58. The van der Waals surface area contributed by atoms with E-state index in [1.807, 2.05) is 19.9 Å². The molecule has 0 radical (unpaired) electrons. The van der Waals surface area contributed by atoms with E-state index in [9.17, 15) is 33.4 Å². The predicted molar refractivity (Wildman–Crippen MR) is 144 cm³/mol. The zero-order valence-corrected chi connectivity index (χ0v) is 21.1. The molecule has 0 spiro atoms. The van der Waals surface area contributed by atoms with Crippen molar-refractivity contribution >= 4 is 35.0 Å². The fraction of sp³-hybridized carbons (Fsp3) is 0.103. The lowest BCUT2D eigenvalue weighted by molar-refractivity contribution is -0.458. The number of benzene rings is 3. The van der Waals surface area contributed by atoms with Crippen LogP contribution < -0.4 is 5.01 Å². The Hall–Kier alpha value is -5.19. The molecule has 3 aromatic carbocycles. The van der Waals surface area contributed by atoms with Gasteiger partial charge in [0.05, 0.1) is 22.4 Å². The molecule has 0 saturated heterocycles. The summed E-state index contributed by atoms with van der Waals surface area (Å²) >= 11 is 0. The highest BCUT2D eigenvalue weighted by Crippen LogP contribution is 2.41. The van der Waals surface area contributed by atoms with E-state index in [1.165, 1.54) is 42.7 Å². The number of aryl methyl sites for hydroxylation is 2. The molecule has 2 N–H and O–H groups in total. The van der Waals surface area contributed by atoms with Crippen LogP contribution in [0.5, 0.6) is 5.75 Å². The molecule has 202 valence electrons. The fourth-order valence-corrected chi connectivity index (χ4v) is 4.53. The Kier molecular flexibility index (Phi) is 6.50. The molecule has 1 aromatic heterocycles. The van der Waals surface area contributed by atoms with Crippen LogP contribution in [0.4, 0.5) is 30.2 Å². The number of aromatic hydroxyl groups is 1. The first-order valence-electron chi connectivity index (χ1n) is 11.9. The third-order valence-electron chi connectivity index (χ3n) is 6.28. The maximum absolute atomic E-state index is 14.0. The van der Waals surface area contributed by atoms with E-state index >= 15 is 0 Å². The summed E-state index contributed by atoms with van der Waals surface area (Å²) < 4.78 is 39.7. The number of aliphatic imine (C=N–C) groups is 1. The van der Waals surface area contributed by atoms with Gasteiger partial charge in [0.1, 0.15) is 17.6 Å². The first-order valence-corrected chi connectivity index (χ1v) is 11.9. The number of alkyl halides is 3. The predicted octanol–water partition coefficient (Wildman–Crippen LogP) is 6.56. The quantitative estimate of drug-likeness (QED) is 0.167. The molecule has 0 aliphatic carbocycles. The summed E-state index contributed by atoms with van der Waals surface area (Å²) in [5.74, 6) is -1.57. The number of hydrazone groups is 1. The van der Waals surface area contributed by atoms with Gasteiger partial charge in [-0.2, -0.15) is 13.2 Å². The van der Waals surface area contributed by atoms with Crippen molar-refractivity contribution in [1.29, 1.82) is 0 Å². The zero-order valence-electron chi connectivity index (χ0n) is 21.1. The molecular formula is C29H21F3N4O4. The Bertz CT molecular complexity index is 1710. The van der Waals surface area contributed by atoms with Crippen LogP contribution >= 0.6 is 0 Å². The number of anilines is 2. The van der Waals surface area contributed by atoms with Crippen LogP contribution in [0.3, 0.4) is 0 Å². The van der Waals surface area contributed by atoms with Crippen LogP contribution in [-0.2, 0) is 6.18 Å². The number of hydrazine groups is 1. The fourth-order valence-electron chi connectivity index (χ4n) is 4.53. The van der Waals surface area contributed by atoms with Crippen LogP contribution in [0.25, 0.3) is 11.3 Å². The summed E-state index contributed by atoms with van der Waals surface area (Å²) in [6, 6.07) is 15.5. The molecule has 8 nitrogen and oxygen atoms in total. The van der Waals surface area contributed by atoms with E-state index in [0.717, 1.165) is 28.3 Å². The van der Waals surface area contributed by atoms with Gasteiger partial charge in [-0.25, -0.2) is 9.79 Å². The second kappa shape index (κ2) is 9.84. The van der Waals surface area contributed by atoms with Gasteiger partial charge in [-0.15, -0.1) is 5.01 Å². The summed E-state index contributed by atoms with van der Waals surface area (Å²) in [5.41, 5.74) is 1.54. The molecule has 0 saturated carbocycles. The van der Waals surface area contributed by atoms with Gasteiger partial charge in [0.25, 0.3) is 5.71 Å². The van der Waals surface area contributed by atoms with Crippen molar-refractivity contribution in [2.45, 2.75) is 20.0 Å². The van der Waals surface area contributed by atoms with E-state index in [4.69, 9.17) is 0 Å². The lowest BCUT2D eigenvalue weighted by atomic mass is 10.1. The summed E-state index contributed by atoms with van der Waals surface area (Å²) in [6.45, 7) is 3.66. The van der Waals surface area contributed by atoms with Gasteiger partial charge in [0, 0.05) is 11.8 Å². The number of rotatable bonds is 5. The van der Waals surface area contributed by atoms with Gasteiger partial charge in [-0.1, -0.05) is 23.0 Å². The Balaban J connectivity index is 1.71. The largest absolute Gasteiger partial charge is 0.595 e. The molecule has 1 aliphatic rings. The number of carboxylic acid groups (broad SMARTS) is 1. The number of hydrogen-bond acceptors (Lipinski definition) is 6. The van der Waals surface area contributed by atoms with Crippen molar-refractivity contribution < 1.29 is 33.0 Å². The normalized spacial score (nSPS) is 13.7. The van der Waals surface area contributed by atoms with E-state index in [0.29, 0.717) is 16.1 Å². The van der Waals surface area contributed by atoms with E-state index in [-0.39, 0.29) is 33.9 Å². The molecule has 4 aromatic rings. The van der Waals surface area contributed by atoms with Crippen LogP contribution in [0.1, 0.15) is 32.6 Å². The molecule has 1 aliphatic heterocycles. The van der Waals surface area contributed by atoms with Gasteiger partial charge in [-0.05, 0) is 73.5 Å². The lowest BCUT2D eigenvalue weighted by Crippen LogP contribution is -2.32. The Morgan fingerprint density at radius 1 is 1.00 bits per heavy atom. The average Bonchev–Trinajstić information content (AvgIpc) is 3.32. The number of fused-ring (bicyclic) bond motifs is 1. The second-order valence-electron chi connectivity index (χ2n) is 9.22. The molecule has 0 unspecified atom stereocenters. The van der Waals surface area contributed by atoms with Crippen LogP contribution in [0, 0.1) is 19.1 Å². The summed E-state index contributed by atoms with van der Waals surface area (Å²) in [4.78, 5) is 20.2. The third-order valence-corrected chi connectivity index (χ3v) is 6.28. The monoisotopic (exact) mass is 546 g/mol. The highest BCUT2D eigenvalue weighted by Gasteiger charge is 2.34. The molecule has 5 rings (SSSR count). The van der Waals surface area contributed by atoms with Crippen molar-refractivity contribution in [3.63, 3.8) is 0 Å². The number of halogens is 3. The maximum Gasteiger partial charge on any atom is 0.416 e. The standard InChI is InChI=1S/C29H21F3N4O4/c1-16-10-17(2)12-21(11-16)35(36(40)25-15-34-23-14-20(29(30,31)32)6-7-22(23)25)24-8-9-33-26(27(24)37)18-4-3-5-19(13-18)28(38)39/h3-15,37H,1-2H3,(H,38,39). The zero-order chi connectivity index (χ0) is 28.8. The molecule has 0 bridgehead atoms. The molecular weight excluding hydrogens is 525 g/mol. The summed E-state index contributed by atoms with van der Waals surface area (Å²) in [5, 5.41) is 36.0. The van der Waals surface area contributed by atoms with Crippen molar-refractivity contribution in [2.24, 2.45) is 4.99 Å². The molecule has 0 fully saturated rings. The number of aromatic carboxylic acids is 1. The van der Waals surface area contributed by atoms with E-state index in [1.54, 1.807) is 18.2 Å².